The van der Waals surface area contributed by atoms with Crippen LogP contribution in [0.2, 0.25) is 0 Å². The average Bonchev–Trinajstić information content (AvgIpc) is 2.46. The van der Waals surface area contributed by atoms with E-state index < -0.39 is 5.60 Å². The fourth-order valence-electron chi connectivity index (χ4n) is 0.903. The number of nitrogens with one attached hydrogen (secondary N) is 1. The number of rotatable bonds is 1. The summed E-state index contributed by atoms with van der Waals surface area (Å²) in [5.74, 6) is 0. The van der Waals surface area contributed by atoms with Gasteiger partial charge in [0, 0.05) is 6.20 Å². The summed E-state index contributed by atoms with van der Waals surface area (Å²) in [7, 11) is 0. The van der Waals surface area contributed by atoms with E-state index >= 15 is 0 Å². The highest BCUT2D eigenvalue weighted by molar-refractivity contribution is 5.16. The minimum Gasteiger partial charge on any atom is -0.384 e. The molecule has 48 valence electrons. The van der Waals surface area contributed by atoms with Crippen LogP contribution in [0.5, 0.6) is 0 Å². The van der Waals surface area contributed by atoms with Crippen LogP contribution in [0.1, 0.15) is 18.5 Å². The summed E-state index contributed by atoms with van der Waals surface area (Å²) in [6.45, 7) is 0. The van der Waals surface area contributed by atoms with Crippen LogP contribution >= 0.6 is 0 Å². The Kier molecular flexibility index (Phi) is 0.754. The van der Waals surface area contributed by atoms with Gasteiger partial charge in [-0.05, 0) is 18.9 Å². The summed E-state index contributed by atoms with van der Waals surface area (Å²) >= 11 is 0. The van der Waals surface area contributed by atoms with Crippen LogP contribution in [0, 0.1) is 0 Å². The zero-order valence-electron chi connectivity index (χ0n) is 4.96. The average molecular weight is 124 g/mol. The van der Waals surface area contributed by atoms with Crippen molar-refractivity contribution in [3.63, 3.8) is 0 Å². The Hall–Kier alpha value is -0.830. The van der Waals surface area contributed by atoms with Gasteiger partial charge in [0.2, 0.25) is 0 Å². The first-order valence-corrected chi connectivity index (χ1v) is 3.03. The van der Waals surface area contributed by atoms with E-state index in [4.69, 9.17) is 0 Å². The minimum absolute atomic E-state index is 0.545. The Labute approximate surface area is 52.7 Å². The second-order valence-electron chi connectivity index (χ2n) is 2.50. The van der Waals surface area contributed by atoms with Gasteiger partial charge in [-0.2, -0.15) is 5.10 Å². The molecule has 2 rings (SSSR count). The minimum atomic E-state index is -0.545. The van der Waals surface area contributed by atoms with Gasteiger partial charge in [-0.25, -0.2) is 0 Å². The molecule has 0 atom stereocenters. The molecule has 1 aliphatic rings. The van der Waals surface area contributed by atoms with Crippen LogP contribution in [0.3, 0.4) is 0 Å². The number of H-pyrrole nitrogens is 1. The van der Waals surface area contributed by atoms with Gasteiger partial charge in [0.05, 0.1) is 5.69 Å². The third-order valence-corrected chi connectivity index (χ3v) is 1.73. The predicted octanol–water partition coefficient (Wildman–Crippen LogP) is 0.391. The van der Waals surface area contributed by atoms with Crippen molar-refractivity contribution in [1.29, 1.82) is 0 Å². The SMILES string of the molecule is OC1(c2ccn[nH]2)CC1. The lowest BCUT2D eigenvalue weighted by molar-refractivity contribution is 0.146. The maximum atomic E-state index is 9.42. The van der Waals surface area contributed by atoms with E-state index in [1.807, 2.05) is 6.07 Å². The van der Waals surface area contributed by atoms with Crippen LogP contribution < -0.4 is 0 Å². The summed E-state index contributed by atoms with van der Waals surface area (Å²) in [6.07, 6.45) is 3.40. The molecule has 3 heteroatoms. The summed E-state index contributed by atoms with van der Waals surface area (Å²) in [5, 5.41) is 15.9. The van der Waals surface area contributed by atoms with Crippen LogP contribution in [-0.2, 0) is 5.60 Å². The quantitative estimate of drug-likeness (QED) is 0.569. The van der Waals surface area contributed by atoms with Gasteiger partial charge in [-0.15, -0.1) is 0 Å². The van der Waals surface area contributed by atoms with Gasteiger partial charge >= 0.3 is 0 Å². The molecule has 0 radical (unpaired) electrons. The Morgan fingerprint density at radius 2 is 2.44 bits per heavy atom. The fourth-order valence-corrected chi connectivity index (χ4v) is 0.903. The molecule has 1 aromatic heterocycles. The van der Waals surface area contributed by atoms with Crippen molar-refractivity contribution in [3.05, 3.63) is 18.0 Å². The smallest absolute Gasteiger partial charge is 0.106 e. The highest BCUT2D eigenvalue weighted by atomic mass is 16.3. The first-order valence-electron chi connectivity index (χ1n) is 3.03. The summed E-state index contributed by atoms with van der Waals surface area (Å²) < 4.78 is 0. The molecule has 0 spiro atoms. The second kappa shape index (κ2) is 1.36. The molecule has 9 heavy (non-hydrogen) atoms. The van der Waals surface area contributed by atoms with Gasteiger partial charge in [0.1, 0.15) is 5.60 Å². The first kappa shape index (κ1) is 4.99. The second-order valence-corrected chi connectivity index (χ2v) is 2.50. The van der Waals surface area contributed by atoms with Gasteiger partial charge in [-0.3, -0.25) is 5.10 Å². The highest BCUT2D eigenvalue weighted by Gasteiger charge is 2.43. The lowest BCUT2D eigenvalue weighted by Crippen LogP contribution is -2.03. The van der Waals surface area contributed by atoms with Crippen molar-refractivity contribution in [2.45, 2.75) is 18.4 Å². The van der Waals surface area contributed by atoms with Gasteiger partial charge in [0.25, 0.3) is 0 Å². The van der Waals surface area contributed by atoms with Crippen molar-refractivity contribution in [1.82, 2.24) is 10.2 Å². The van der Waals surface area contributed by atoms with E-state index in [1.165, 1.54) is 0 Å². The number of hydrogen-bond acceptors (Lipinski definition) is 2. The van der Waals surface area contributed by atoms with Crippen LogP contribution in [0.15, 0.2) is 12.3 Å². The lowest BCUT2D eigenvalue weighted by atomic mass is 10.2. The molecule has 3 nitrogen and oxygen atoms in total. The molecule has 1 saturated carbocycles. The summed E-state index contributed by atoms with van der Waals surface area (Å²) in [4.78, 5) is 0. The third-order valence-electron chi connectivity index (χ3n) is 1.73. The number of aromatic nitrogens is 2. The maximum Gasteiger partial charge on any atom is 0.106 e. The molecule has 0 amide bonds. The van der Waals surface area contributed by atoms with E-state index in [9.17, 15) is 5.11 Å². The fraction of sp³-hybridized carbons (Fsp3) is 0.500. The van der Waals surface area contributed by atoms with E-state index in [-0.39, 0.29) is 0 Å². The number of nitrogens with zero attached hydrogens (tertiary/aromatic N) is 1. The standard InChI is InChI=1S/C6H8N2O/c9-6(2-3-6)5-1-4-7-8-5/h1,4,9H,2-3H2,(H,7,8). The molecule has 0 aromatic carbocycles. The molecule has 0 bridgehead atoms. The topological polar surface area (TPSA) is 48.9 Å². The number of aliphatic hydroxyl groups is 1. The molecular formula is C6H8N2O. The van der Waals surface area contributed by atoms with E-state index in [0.29, 0.717) is 0 Å². The summed E-state index contributed by atoms with van der Waals surface area (Å²) in [6, 6.07) is 1.81. The molecule has 1 fully saturated rings. The van der Waals surface area contributed by atoms with Crippen molar-refractivity contribution in [2.75, 3.05) is 0 Å². The maximum absolute atomic E-state index is 9.42. The molecule has 1 heterocycles. The van der Waals surface area contributed by atoms with Crippen molar-refractivity contribution in [2.24, 2.45) is 0 Å². The van der Waals surface area contributed by atoms with Gasteiger partial charge in [-0.1, -0.05) is 0 Å². The van der Waals surface area contributed by atoms with Crippen molar-refractivity contribution >= 4 is 0 Å². The van der Waals surface area contributed by atoms with Crippen LogP contribution in [0.4, 0.5) is 0 Å². The molecule has 0 aliphatic heterocycles. The van der Waals surface area contributed by atoms with Gasteiger partial charge in [0.15, 0.2) is 0 Å². The molecule has 0 saturated heterocycles. The molecular weight excluding hydrogens is 116 g/mol. The molecule has 2 N–H and O–H groups in total. The molecule has 1 aromatic rings. The normalized spacial score (nSPS) is 21.9. The Morgan fingerprint density at radius 1 is 1.67 bits per heavy atom. The highest BCUT2D eigenvalue weighted by Crippen LogP contribution is 2.43. The zero-order valence-corrected chi connectivity index (χ0v) is 4.96. The monoisotopic (exact) mass is 124 g/mol. The Morgan fingerprint density at radius 3 is 2.89 bits per heavy atom. The molecule has 1 aliphatic carbocycles. The summed E-state index contributed by atoms with van der Waals surface area (Å²) in [5.41, 5.74) is 0.304. The number of hydrogen-bond donors (Lipinski definition) is 2. The lowest BCUT2D eigenvalue weighted by Gasteiger charge is -2.00. The zero-order chi connectivity index (χ0) is 6.32. The van der Waals surface area contributed by atoms with Crippen LogP contribution in [-0.4, -0.2) is 15.3 Å². The van der Waals surface area contributed by atoms with Crippen LogP contribution in [0.25, 0.3) is 0 Å². The number of aromatic amines is 1. The van der Waals surface area contributed by atoms with E-state index in [2.05, 4.69) is 10.2 Å². The third kappa shape index (κ3) is 0.650. The van der Waals surface area contributed by atoms with Gasteiger partial charge < -0.3 is 5.11 Å². The van der Waals surface area contributed by atoms with Crippen molar-refractivity contribution < 1.29 is 5.11 Å². The molecule has 0 unspecified atom stereocenters. The van der Waals surface area contributed by atoms with E-state index in [1.54, 1.807) is 6.20 Å². The largest absolute Gasteiger partial charge is 0.384 e. The van der Waals surface area contributed by atoms with E-state index in [0.717, 1.165) is 18.5 Å². The predicted molar refractivity (Wildman–Crippen MR) is 31.7 cm³/mol. The van der Waals surface area contributed by atoms with Crippen molar-refractivity contribution in [3.8, 4) is 0 Å². The Balaban J connectivity index is 2.34. The Bertz CT molecular complexity index is 201. The first-order chi connectivity index (χ1) is 4.31.